The lowest BCUT2D eigenvalue weighted by Gasteiger charge is -2.12. The van der Waals surface area contributed by atoms with Crippen molar-refractivity contribution in [3.63, 3.8) is 0 Å². The Morgan fingerprint density at radius 3 is 2.65 bits per heavy atom. The summed E-state index contributed by atoms with van der Waals surface area (Å²) in [6.07, 6.45) is 0. The van der Waals surface area contributed by atoms with E-state index in [-0.39, 0.29) is 17.5 Å². The van der Waals surface area contributed by atoms with Gasteiger partial charge in [-0.05, 0) is 12.5 Å². The Balaban J connectivity index is 2.19. The first-order valence-corrected chi connectivity index (χ1v) is 5.97. The fourth-order valence-corrected chi connectivity index (χ4v) is 1.82. The average Bonchev–Trinajstić information content (AvgIpc) is 2.81. The van der Waals surface area contributed by atoms with E-state index >= 15 is 0 Å². The van der Waals surface area contributed by atoms with Gasteiger partial charge >= 0.3 is 5.69 Å². The van der Waals surface area contributed by atoms with E-state index in [1.54, 1.807) is 6.92 Å². The Kier molecular flexibility index (Phi) is 3.79. The van der Waals surface area contributed by atoms with Crippen molar-refractivity contribution < 1.29 is 14.2 Å². The Labute approximate surface area is 114 Å². The molecule has 0 fully saturated rings. The molecule has 0 radical (unpaired) electrons. The molecule has 0 saturated heterocycles. The van der Waals surface area contributed by atoms with Crippen molar-refractivity contribution in [3.05, 3.63) is 57.5 Å². The van der Waals surface area contributed by atoms with Crippen LogP contribution in [0.1, 0.15) is 34.8 Å². The van der Waals surface area contributed by atoms with Crippen LogP contribution in [0.5, 0.6) is 0 Å². The molecule has 20 heavy (non-hydrogen) atoms. The second-order valence-corrected chi connectivity index (χ2v) is 4.30. The molecule has 0 aliphatic rings. The highest BCUT2D eigenvalue weighted by Gasteiger charge is 2.30. The second kappa shape index (κ2) is 5.52. The third-order valence-corrected chi connectivity index (χ3v) is 2.88. The third kappa shape index (κ3) is 2.66. The van der Waals surface area contributed by atoms with Crippen molar-refractivity contribution in [2.75, 3.05) is 0 Å². The molecule has 1 aromatic carbocycles. The van der Waals surface area contributed by atoms with Crippen LogP contribution in [0.25, 0.3) is 0 Å². The van der Waals surface area contributed by atoms with Crippen LogP contribution < -0.4 is 5.32 Å². The van der Waals surface area contributed by atoms with Crippen molar-refractivity contribution in [2.24, 2.45) is 0 Å². The number of hydrogen-bond acceptors (Lipinski definition) is 5. The number of amides is 1. The van der Waals surface area contributed by atoms with Gasteiger partial charge in [0.05, 0.1) is 11.0 Å². The van der Waals surface area contributed by atoms with E-state index in [1.165, 1.54) is 6.92 Å². The smallest absolute Gasteiger partial charge is 0.344 e. The van der Waals surface area contributed by atoms with Gasteiger partial charge in [0.2, 0.25) is 11.5 Å². The van der Waals surface area contributed by atoms with Crippen LogP contribution in [0, 0.1) is 17.0 Å². The summed E-state index contributed by atoms with van der Waals surface area (Å²) in [7, 11) is 0. The average molecular weight is 275 g/mol. The number of carbonyl (C=O) groups is 1. The summed E-state index contributed by atoms with van der Waals surface area (Å²) in [5, 5.41) is 17.0. The van der Waals surface area contributed by atoms with Gasteiger partial charge in [0.15, 0.2) is 0 Å². The number of aryl methyl sites for hydroxylation is 1. The molecule has 0 aliphatic heterocycles. The van der Waals surface area contributed by atoms with Crippen LogP contribution in [0.15, 0.2) is 34.9 Å². The first-order valence-electron chi connectivity index (χ1n) is 5.97. The first kappa shape index (κ1) is 13.7. The molecular formula is C13H13N3O4. The maximum Gasteiger partial charge on any atom is 0.344 e. The lowest BCUT2D eigenvalue weighted by atomic mass is 10.1. The SMILES string of the molecule is Cc1onc(C(=O)N[C@H](C)c2ccccc2)c1[N+](=O)[O-]. The Morgan fingerprint density at radius 2 is 2.05 bits per heavy atom. The van der Waals surface area contributed by atoms with E-state index < -0.39 is 16.5 Å². The molecule has 0 unspecified atom stereocenters. The lowest BCUT2D eigenvalue weighted by molar-refractivity contribution is -0.386. The van der Waals surface area contributed by atoms with Crippen molar-refractivity contribution in [2.45, 2.75) is 19.9 Å². The monoisotopic (exact) mass is 275 g/mol. The van der Waals surface area contributed by atoms with Gasteiger partial charge in [0.1, 0.15) is 0 Å². The van der Waals surface area contributed by atoms with Crippen molar-refractivity contribution in [3.8, 4) is 0 Å². The molecular weight excluding hydrogens is 262 g/mol. The van der Waals surface area contributed by atoms with Gasteiger partial charge in [0, 0.05) is 6.92 Å². The topological polar surface area (TPSA) is 98.3 Å². The van der Waals surface area contributed by atoms with Crippen molar-refractivity contribution in [1.82, 2.24) is 10.5 Å². The molecule has 0 bridgehead atoms. The molecule has 7 nitrogen and oxygen atoms in total. The molecule has 2 aromatic rings. The number of nitrogens with zero attached hydrogens (tertiary/aromatic N) is 2. The molecule has 1 amide bonds. The minimum absolute atomic E-state index is 0.00696. The van der Waals surface area contributed by atoms with E-state index in [9.17, 15) is 14.9 Å². The van der Waals surface area contributed by atoms with Gasteiger partial charge in [-0.2, -0.15) is 0 Å². The lowest BCUT2D eigenvalue weighted by Crippen LogP contribution is -2.27. The molecule has 0 saturated carbocycles. The zero-order valence-electron chi connectivity index (χ0n) is 11.0. The number of aromatic nitrogens is 1. The van der Waals surface area contributed by atoms with Gasteiger partial charge in [0.25, 0.3) is 5.91 Å². The zero-order chi connectivity index (χ0) is 14.7. The van der Waals surface area contributed by atoms with Crippen molar-refractivity contribution >= 4 is 11.6 Å². The maximum absolute atomic E-state index is 12.0. The molecule has 1 atom stereocenters. The normalized spacial score (nSPS) is 11.9. The Morgan fingerprint density at radius 1 is 1.40 bits per heavy atom. The fraction of sp³-hybridized carbons (Fsp3) is 0.231. The van der Waals surface area contributed by atoms with E-state index in [0.717, 1.165) is 5.56 Å². The summed E-state index contributed by atoms with van der Waals surface area (Å²) < 4.78 is 4.71. The van der Waals surface area contributed by atoms with E-state index in [2.05, 4.69) is 10.5 Å². The highest BCUT2D eigenvalue weighted by atomic mass is 16.6. The van der Waals surface area contributed by atoms with Gasteiger partial charge in [-0.1, -0.05) is 35.5 Å². The van der Waals surface area contributed by atoms with Crippen LogP contribution >= 0.6 is 0 Å². The summed E-state index contributed by atoms with van der Waals surface area (Å²) >= 11 is 0. The van der Waals surface area contributed by atoms with Gasteiger partial charge in [-0.3, -0.25) is 14.9 Å². The van der Waals surface area contributed by atoms with Gasteiger partial charge in [-0.15, -0.1) is 0 Å². The van der Waals surface area contributed by atoms with Gasteiger partial charge in [-0.25, -0.2) is 0 Å². The minimum Gasteiger partial charge on any atom is -0.353 e. The second-order valence-electron chi connectivity index (χ2n) is 4.30. The standard InChI is InChI=1S/C13H13N3O4/c1-8(10-6-4-3-5-7-10)14-13(17)11-12(16(18)19)9(2)20-15-11/h3-8H,1-2H3,(H,14,17)/t8-/m1/s1. The number of benzene rings is 1. The molecule has 1 heterocycles. The first-order chi connectivity index (χ1) is 9.50. The zero-order valence-corrected chi connectivity index (χ0v) is 11.0. The molecule has 7 heteroatoms. The van der Waals surface area contributed by atoms with Crippen LogP contribution in [0.3, 0.4) is 0 Å². The highest BCUT2D eigenvalue weighted by Crippen LogP contribution is 2.23. The Bertz CT molecular complexity index is 636. The third-order valence-electron chi connectivity index (χ3n) is 2.88. The van der Waals surface area contributed by atoms with Crippen molar-refractivity contribution in [1.29, 1.82) is 0 Å². The van der Waals surface area contributed by atoms with E-state index in [0.29, 0.717) is 0 Å². The minimum atomic E-state index is -0.673. The quantitative estimate of drug-likeness (QED) is 0.682. The highest BCUT2D eigenvalue weighted by molar-refractivity contribution is 5.96. The number of nitrogens with one attached hydrogen (secondary N) is 1. The number of hydrogen-bond donors (Lipinski definition) is 1. The Hall–Kier alpha value is -2.70. The van der Waals surface area contributed by atoms with Gasteiger partial charge < -0.3 is 9.84 Å². The summed E-state index contributed by atoms with van der Waals surface area (Å²) in [6, 6.07) is 8.98. The largest absolute Gasteiger partial charge is 0.353 e. The number of rotatable bonds is 4. The number of nitro groups is 1. The number of carbonyl (C=O) groups excluding carboxylic acids is 1. The van der Waals surface area contributed by atoms with Crippen LogP contribution in [-0.4, -0.2) is 16.0 Å². The molecule has 0 spiro atoms. The molecule has 1 aromatic heterocycles. The molecule has 1 N–H and O–H groups in total. The predicted molar refractivity (Wildman–Crippen MR) is 70.2 cm³/mol. The molecule has 0 aliphatic carbocycles. The summed E-state index contributed by atoms with van der Waals surface area (Å²) in [5.74, 6) is -0.627. The summed E-state index contributed by atoms with van der Waals surface area (Å²) in [6.45, 7) is 3.18. The van der Waals surface area contributed by atoms with E-state index in [1.807, 2.05) is 30.3 Å². The summed E-state index contributed by atoms with van der Waals surface area (Å²) in [5.41, 5.74) is 0.182. The van der Waals surface area contributed by atoms with Crippen LogP contribution in [0.4, 0.5) is 5.69 Å². The van der Waals surface area contributed by atoms with Crippen LogP contribution in [-0.2, 0) is 0 Å². The summed E-state index contributed by atoms with van der Waals surface area (Å²) in [4.78, 5) is 22.2. The molecule has 104 valence electrons. The maximum atomic E-state index is 12.0. The van der Waals surface area contributed by atoms with E-state index in [4.69, 9.17) is 4.52 Å². The predicted octanol–water partition coefficient (Wildman–Crippen LogP) is 2.38. The fourth-order valence-electron chi connectivity index (χ4n) is 1.82. The molecule has 2 rings (SSSR count). The van der Waals surface area contributed by atoms with Crippen LogP contribution in [0.2, 0.25) is 0 Å².